The van der Waals surface area contributed by atoms with Crippen LogP contribution in [0.25, 0.3) is 69.5 Å². The van der Waals surface area contributed by atoms with Crippen molar-refractivity contribution in [3.8, 4) is 22.3 Å². The molecule has 260 valence electrons. The highest BCUT2D eigenvalue weighted by Gasteiger charge is 2.44. The van der Waals surface area contributed by atoms with Gasteiger partial charge in [-0.15, -0.1) is 11.3 Å². The molecule has 1 heterocycles. The fourth-order valence-corrected chi connectivity index (χ4v) is 10.8. The molecule has 1 unspecified atom stereocenters. The molecule has 0 N–H and O–H groups in total. The van der Waals surface area contributed by atoms with Crippen molar-refractivity contribution in [3.05, 3.63) is 222 Å². The van der Waals surface area contributed by atoms with Crippen LogP contribution in [0.5, 0.6) is 0 Å². The maximum atomic E-state index is 2.49. The maximum Gasteiger partial charge on any atom is 0.0362 e. The monoisotopic (exact) mass is 718 g/mol. The fourth-order valence-electron chi connectivity index (χ4n) is 9.64. The van der Waals surface area contributed by atoms with E-state index in [2.05, 4.69) is 201 Å². The highest BCUT2D eigenvalue weighted by molar-refractivity contribution is 7.26. The first kappa shape index (κ1) is 32.2. The first-order valence-corrected chi connectivity index (χ1v) is 20.2. The van der Waals surface area contributed by atoms with Crippen LogP contribution in [0.3, 0.4) is 0 Å². The van der Waals surface area contributed by atoms with Crippen LogP contribution < -0.4 is 0 Å². The zero-order valence-electron chi connectivity index (χ0n) is 30.7. The zero-order chi connectivity index (χ0) is 36.5. The van der Waals surface area contributed by atoms with Gasteiger partial charge in [0.1, 0.15) is 0 Å². The third-order valence-corrected chi connectivity index (χ3v) is 13.5. The van der Waals surface area contributed by atoms with Gasteiger partial charge < -0.3 is 0 Å². The Hall–Kier alpha value is -6.28. The molecule has 0 saturated heterocycles. The summed E-state index contributed by atoms with van der Waals surface area (Å²) in [6, 6.07) is 63.7. The average molecular weight is 719 g/mol. The molecule has 0 spiro atoms. The Bertz CT molecular complexity index is 3080. The minimum atomic E-state index is -0.286. The van der Waals surface area contributed by atoms with E-state index in [4.69, 9.17) is 0 Å². The Balaban J connectivity index is 1.09. The minimum Gasteiger partial charge on any atom is -0.135 e. The second-order valence-corrected chi connectivity index (χ2v) is 16.4. The summed E-state index contributed by atoms with van der Waals surface area (Å²) in [7, 11) is 0. The van der Waals surface area contributed by atoms with Gasteiger partial charge in [0, 0.05) is 31.5 Å². The molecule has 2 aliphatic rings. The largest absolute Gasteiger partial charge is 0.135 e. The molecule has 2 aliphatic carbocycles. The van der Waals surface area contributed by atoms with E-state index >= 15 is 0 Å². The van der Waals surface area contributed by atoms with Crippen LogP contribution in [-0.4, -0.2) is 0 Å². The topological polar surface area (TPSA) is 0 Å². The van der Waals surface area contributed by atoms with Gasteiger partial charge in [-0.2, -0.15) is 0 Å². The standard InChI is InChI=1S/C54H38S/c1-54(43-19-12-18-40(32-43)44-22-13-25-50-53(44)47-33-37-16-8-9-17-38(37)34-51(47)55-50)48-23-7-3-6-20-45(48)52(46-21-10-11-24-49(46)54)41-29-27-36-26-28-39(30-42(36)31-41)35-14-4-2-5-15-35/h2-19,21-34,48H,20H2,1H3/t48?,54-/m1/s1. The zero-order valence-corrected chi connectivity index (χ0v) is 31.5. The van der Waals surface area contributed by atoms with Crippen LogP contribution >= 0.6 is 11.3 Å². The Kier molecular flexibility index (Phi) is 7.40. The predicted molar refractivity (Wildman–Crippen MR) is 237 cm³/mol. The van der Waals surface area contributed by atoms with Gasteiger partial charge >= 0.3 is 0 Å². The average Bonchev–Trinajstić information content (AvgIpc) is 3.42. The van der Waals surface area contributed by atoms with Crippen LogP contribution in [0.2, 0.25) is 0 Å². The number of thiophene rings is 1. The molecule has 1 aromatic heterocycles. The van der Waals surface area contributed by atoms with Crippen molar-refractivity contribution in [1.82, 2.24) is 0 Å². The molecule has 8 aromatic carbocycles. The quantitative estimate of drug-likeness (QED) is 0.170. The van der Waals surface area contributed by atoms with Gasteiger partial charge in [-0.25, -0.2) is 0 Å². The molecule has 2 atom stereocenters. The summed E-state index contributed by atoms with van der Waals surface area (Å²) in [4.78, 5) is 0. The summed E-state index contributed by atoms with van der Waals surface area (Å²) in [6.07, 6.45) is 10.2. The summed E-state index contributed by atoms with van der Waals surface area (Å²) in [5, 5.41) is 7.81. The third-order valence-electron chi connectivity index (χ3n) is 12.3. The summed E-state index contributed by atoms with van der Waals surface area (Å²) < 4.78 is 2.68. The van der Waals surface area contributed by atoms with Crippen LogP contribution in [0.4, 0.5) is 0 Å². The van der Waals surface area contributed by atoms with E-state index in [1.54, 1.807) is 0 Å². The molecule has 1 heteroatoms. The molecule has 0 bridgehead atoms. The Labute approximate surface area is 326 Å². The lowest BCUT2D eigenvalue weighted by Gasteiger charge is -2.45. The number of benzene rings is 8. The Morgan fingerprint density at radius 3 is 2.13 bits per heavy atom. The molecule has 0 amide bonds. The SMILES string of the molecule is C[C@]1(c2cccc(-c3cccc4sc5cc6ccccc6cc5c34)c2)c2ccccc2C(c2ccc3ccc(-c4ccccc4)cc3c2)=C2CC=CC=CC21. The van der Waals surface area contributed by atoms with Gasteiger partial charge in [0.15, 0.2) is 0 Å². The van der Waals surface area contributed by atoms with Gasteiger partial charge in [0.2, 0.25) is 0 Å². The van der Waals surface area contributed by atoms with E-state index in [0.29, 0.717) is 0 Å². The van der Waals surface area contributed by atoms with E-state index < -0.39 is 0 Å². The molecule has 11 rings (SSSR count). The molecule has 0 saturated carbocycles. The first-order valence-electron chi connectivity index (χ1n) is 19.3. The van der Waals surface area contributed by atoms with Crippen molar-refractivity contribution in [2.75, 3.05) is 0 Å². The summed E-state index contributed by atoms with van der Waals surface area (Å²) in [5.74, 6) is 0.179. The summed E-state index contributed by atoms with van der Waals surface area (Å²) >= 11 is 1.90. The number of hydrogen-bond acceptors (Lipinski definition) is 1. The number of hydrogen-bond donors (Lipinski definition) is 0. The number of allylic oxidation sites excluding steroid dienone is 5. The van der Waals surface area contributed by atoms with Gasteiger partial charge in [0.05, 0.1) is 0 Å². The van der Waals surface area contributed by atoms with Crippen LogP contribution in [0.1, 0.15) is 35.6 Å². The number of rotatable bonds is 4. The smallest absolute Gasteiger partial charge is 0.0362 e. The van der Waals surface area contributed by atoms with Crippen molar-refractivity contribution >= 4 is 58.6 Å². The number of fused-ring (bicyclic) bond motifs is 7. The first-order chi connectivity index (χ1) is 27.1. The van der Waals surface area contributed by atoms with Crippen molar-refractivity contribution in [1.29, 1.82) is 0 Å². The van der Waals surface area contributed by atoms with E-state index in [1.165, 1.54) is 97.4 Å². The van der Waals surface area contributed by atoms with E-state index in [1.807, 2.05) is 11.3 Å². The van der Waals surface area contributed by atoms with Crippen molar-refractivity contribution in [2.24, 2.45) is 5.92 Å². The van der Waals surface area contributed by atoms with E-state index in [9.17, 15) is 0 Å². The lowest BCUT2D eigenvalue weighted by molar-refractivity contribution is 0.454. The molecular weight excluding hydrogens is 681 g/mol. The van der Waals surface area contributed by atoms with E-state index in [-0.39, 0.29) is 11.3 Å². The van der Waals surface area contributed by atoms with Gasteiger partial charge in [-0.05, 0) is 114 Å². The van der Waals surface area contributed by atoms with Crippen molar-refractivity contribution in [3.63, 3.8) is 0 Å². The van der Waals surface area contributed by atoms with Crippen LogP contribution in [-0.2, 0) is 5.41 Å². The van der Waals surface area contributed by atoms with Gasteiger partial charge in [-0.1, -0.05) is 171 Å². The molecule has 55 heavy (non-hydrogen) atoms. The molecular formula is C54H38S. The molecule has 0 fully saturated rings. The molecule has 0 aliphatic heterocycles. The summed E-state index contributed by atoms with van der Waals surface area (Å²) in [5.41, 5.74) is 13.0. The Morgan fingerprint density at radius 1 is 0.509 bits per heavy atom. The fraction of sp³-hybridized carbons (Fsp3) is 0.0741. The second-order valence-electron chi connectivity index (χ2n) is 15.3. The van der Waals surface area contributed by atoms with Crippen molar-refractivity contribution in [2.45, 2.75) is 18.8 Å². The van der Waals surface area contributed by atoms with Crippen molar-refractivity contribution < 1.29 is 0 Å². The van der Waals surface area contributed by atoms with Crippen LogP contribution in [0.15, 0.2) is 200 Å². The normalized spacial score (nSPS) is 17.9. The lowest BCUT2D eigenvalue weighted by Crippen LogP contribution is -2.38. The highest BCUT2D eigenvalue weighted by Crippen LogP contribution is 2.55. The molecule has 9 aromatic rings. The van der Waals surface area contributed by atoms with E-state index in [0.717, 1.165) is 6.42 Å². The summed E-state index contributed by atoms with van der Waals surface area (Å²) in [6.45, 7) is 2.49. The molecule has 0 radical (unpaired) electrons. The lowest BCUT2D eigenvalue weighted by atomic mass is 9.58. The molecule has 0 nitrogen and oxygen atoms in total. The predicted octanol–water partition coefficient (Wildman–Crippen LogP) is 14.9. The minimum absolute atomic E-state index is 0.179. The second kappa shape index (κ2) is 12.7. The Morgan fingerprint density at radius 2 is 1.24 bits per heavy atom. The van der Waals surface area contributed by atoms with Crippen LogP contribution in [0, 0.1) is 5.92 Å². The third kappa shape index (κ3) is 5.11. The highest BCUT2D eigenvalue weighted by atomic mass is 32.1. The maximum absolute atomic E-state index is 2.49. The van der Waals surface area contributed by atoms with Gasteiger partial charge in [-0.3, -0.25) is 0 Å². The van der Waals surface area contributed by atoms with Gasteiger partial charge in [0.25, 0.3) is 0 Å².